The minimum absolute atomic E-state index is 0. The summed E-state index contributed by atoms with van der Waals surface area (Å²) in [5.74, 6) is 1.63. The maximum absolute atomic E-state index is 5.27. The number of rotatable bonds is 2. The fraction of sp³-hybridized carbons (Fsp3) is 0.273. The van der Waals surface area contributed by atoms with Gasteiger partial charge in [-0.15, -0.1) is 0 Å². The molecule has 5 heteroatoms. The first kappa shape index (κ1) is 16.0. The number of methoxy groups -OCH3 is 2. The number of fused-ring (bicyclic) bond motifs is 1. The van der Waals surface area contributed by atoms with Crippen LogP contribution in [0.1, 0.15) is 14.8 Å². The van der Waals surface area contributed by atoms with Crippen LogP contribution in [0.4, 0.5) is 0 Å². The van der Waals surface area contributed by atoms with Gasteiger partial charge in [-0.1, -0.05) is 0 Å². The van der Waals surface area contributed by atoms with Crippen LogP contribution in [0.5, 0.6) is 11.5 Å². The molecule has 0 aliphatic heterocycles. The normalized spacial score (nSPS) is 15.9. The molecular formula is C11H11Cl2O2Zr. The van der Waals surface area contributed by atoms with E-state index in [1.807, 2.05) is 6.07 Å². The molecule has 85 valence electrons. The van der Waals surface area contributed by atoms with Crippen molar-refractivity contribution in [2.75, 3.05) is 14.2 Å². The predicted octanol–water partition coefficient (Wildman–Crippen LogP) is -3.67. The molecule has 0 amide bonds. The van der Waals surface area contributed by atoms with E-state index in [0.717, 1.165) is 11.5 Å². The number of halogens is 2. The molecule has 0 radical (unpaired) electrons. The van der Waals surface area contributed by atoms with E-state index < -0.39 is 0 Å². The number of benzene rings is 1. The summed E-state index contributed by atoms with van der Waals surface area (Å²) in [7, 11) is 3.34. The van der Waals surface area contributed by atoms with Crippen LogP contribution in [0.15, 0.2) is 18.2 Å². The second-order valence-electron chi connectivity index (χ2n) is 3.17. The third kappa shape index (κ3) is 2.82. The van der Waals surface area contributed by atoms with Gasteiger partial charge in [0, 0.05) is 0 Å². The first-order chi connectivity index (χ1) is 6.76. The van der Waals surface area contributed by atoms with Crippen molar-refractivity contribution in [3.63, 3.8) is 0 Å². The molecule has 0 spiro atoms. The molecule has 0 N–H and O–H groups in total. The predicted molar refractivity (Wildman–Crippen MR) is 51.3 cm³/mol. The summed E-state index contributed by atoms with van der Waals surface area (Å²) >= 11 is 1.51. The van der Waals surface area contributed by atoms with Crippen LogP contribution in [-0.4, -0.2) is 14.2 Å². The summed E-state index contributed by atoms with van der Waals surface area (Å²) in [6.45, 7) is 0. The SMILES string of the molecule is COc1cc2c(cc1OC)[CH]([Zr+2])C=C2.[Cl-].[Cl-]. The number of ether oxygens (including phenoxy) is 2. The average Bonchev–Trinajstić information content (AvgIpc) is 2.58. The zero-order chi connectivity index (χ0) is 10.1. The Bertz CT molecular complexity index is 394. The van der Waals surface area contributed by atoms with Crippen LogP contribution in [0.3, 0.4) is 0 Å². The zero-order valence-electron chi connectivity index (χ0n) is 8.96. The summed E-state index contributed by atoms with van der Waals surface area (Å²) < 4.78 is 11.1. The standard InChI is InChI=1S/C11H11O2.2ClH.Zr/c1-12-10-6-8-4-3-5-9(8)7-11(10)13-2;;;/h3-7H,1-2H3;2*1H;/q;;;+2/p-2. The van der Waals surface area contributed by atoms with Gasteiger partial charge in [-0.05, 0) is 0 Å². The molecule has 1 aromatic rings. The van der Waals surface area contributed by atoms with Gasteiger partial charge in [0.2, 0.25) is 0 Å². The third-order valence-corrected chi connectivity index (χ3v) is 3.63. The van der Waals surface area contributed by atoms with Crippen LogP contribution in [0.2, 0.25) is 0 Å². The average molecular weight is 337 g/mol. The molecule has 1 aliphatic rings. The van der Waals surface area contributed by atoms with Crippen molar-refractivity contribution in [2.24, 2.45) is 0 Å². The van der Waals surface area contributed by atoms with Gasteiger partial charge in [-0.2, -0.15) is 0 Å². The molecule has 2 rings (SSSR count). The van der Waals surface area contributed by atoms with E-state index in [4.69, 9.17) is 9.47 Å². The molecule has 16 heavy (non-hydrogen) atoms. The van der Waals surface area contributed by atoms with Crippen LogP contribution < -0.4 is 34.3 Å². The van der Waals surface area contributed by atoms with Gasteiger partial charge in [-0.25, -0.2) is 0 Å². The molecule has 0 aromatic heterocycles. The van der Waals surface area contributed by atoms with Crippen LogP contribution in [-0.2, 0) is 24.7 Å². The third-order valence-electron chi connectivity index (χ3n) is 2.39. The quantitative estimate of drug-likeness (QED) is 0.554. The Labute approximate surface area is 123 Å². The van der Waals surface area contributed by atoms with Crippen molar-refractivity contribution >= 4 is 6.08 Å². The van der Waals surface area contributed by atoms with Crippen LogP contribution in [0, 0.1) is 0 Å². The number of allylic oxidation sites excluding steroid dienone is 1. The van der Waals surface area contributed by atoms with Crippen LogP contribution in [0.25, 0.3) is 6.08 Å². The van der Waals surface area contributed by atoms with Gasteiger partial charge >= 0.3 is 98.9 Å². The summed E-state index contributed by atoms with van der Waals surface area (Å²) in [6.07, 6.45) is 4.37. The van der Waals surface area contributed by atoms with Crippen molar-refractivity contribution < 1.29 is 59.0 Å². The van der Waals surface area contributed by atoms with Gasteiger partial charge in [0.15, 0.2) is 0 Å². The number of hydrogen-bond donors (Lipinski definition) is 0. The molecule has 0 bridgehead atoms. The number of hydrogen-bond acceptors (Lipinski definition) is 2. The molecular weight excluding hydrogens is 326 g/mol. The van der Waals surface area contributed by atoms with Crippen molar-refractivity contribution in [2.45, 2.75) is 3.63 Å². The van der Waals surface area contributed by atoms with Gasteiger partial charge < -0.3 is 24.8 Å². The molecule has 0 saturated carbocycles. The molecule has 2 nitrogen and oxygen atoms in total. The van der Waals surface area contributed by atoms with E-state index in [-0.39, 0.29) is 24.8 Å². The van der Waals surface area contributed by atoms with Crippen molar-refractivity contribution in [3.05, 3.63) is 29.3 Å². The van der Waals surface area contributed by atoms with E-state index in [1.54, 1.807) is 14.2 Å². The first-order valence-corrected chi connectivity index (χ1v) is 5.83. The Kier molecular flexibility index (Phi) is 6.69. The maximum Gasteiger partial charge on any atom is -1.00 e. The minimum Gasteiger partial charge on any atom is -1.00 e. The second kappa shape index (κ2) is 6.68. The fourth-order valence-corrected chi connectivity index (χ4v) is 2.48. The zero-order valence-corrected chi connectivity index (χ0v) is 12.9. The Balaban J connectivity index is 0.00000112. The van der Waals surface area contributed by atoms with E-state index in [0.29, 0.717) is 3.63 Å². The first-order valence-electron chi connectivity index (χ1n) is 4.41. The van der Waals surface area contributed by atoms with E-state index in [2.05, 4.69) is 18.2 Å². The molecule has 1 unspecified atom stereocenters. The van der Waals surface area contributed by atoms with Gasteiger partial charge in [-0.3, -0.25) is 0 Å². The van der Waals surface area contributed by atoms with Gasteiger partial charge in [0.1, 0.15) is 0 Å². The topological polar surface area (TPSA) is 18.5 Å². The largest absolute Gasteiger partial charge is 1.00 e. The minimum atomic E-state index is 0. The Morgan fingerprint density at radius 1 is 1.06 bits per heavy atom. The second-order valence-corrected chi connectivity index (χ2v) is 4.70. The van der Waals surface area contributed by atoms with Gasteiger partial charge in [0.25, 0.3) is 0 Å². The maximum atomic E-state index is 5.27. The molecule has 0 fully saturated rings. The smallest absolute Gasteiger partial charge is 1.00 e. The van der Waals surface area contributed by atoms with Crippen molar-refractivity contribution in [3.8, 4) is 11.5 Å². The molecule has 0 heterocycles. The Hall–Kier alpha value is 0.0231. The van der Waals surface area contributed by atoms with E-state index in [9.17, 15) is 0 Å². The van der Waals surface area contributed by atoms with Crippen LogP contribution >= 0.6 is 0 Å². The van der Waals surface area contributed by atoms with E-state index in [1.165, 1.54) is 35.8 Å². The van der Waals surface area contributed by atoms with Crippen molar-refractivity contribution in [1.82, 2.24) is 0 Å². The summed E-state index contributed by atoms with van der Waals surface area (Å²) in [4.78, 5) is 0. The molecule has 1 aliphatic carbocycles. The summed E-state index contributed by atoms with van der Waals surface area (Å²) in [5.41, 5.74) is 2.60. The molecule has 1 aromatic carbocycles. The fourth-order valence-electron chi connectivity index (χ4n) is 1.63. The Morgan fingerprint density at radius 3 is 2.19 bits per heavy atom. The van der Waals surface area contributed by atoms with Crippen molar-refractivity contribution in [1.29, 1.82) is 0 Å². The monoisotopic (exact) mass is 335 g/mol. The Morgan fingerprint density at radius 2 is 1.62 bits per heavy atom. The summed E-state index contributed by atoms with van der Waals surface area (Å²) in [6, 6.07) is 4.11. The molecule has 0 saturated heterocycles. The summed E-state index contributed by atoms with van der Waals surface area (Å²) in [5, 5.41) is 0. The van der Waals surface area contributed by atoms with Gasteiger partial charge in [0.05, 0.1) is 0 Å². The van der Waals surface area contributed by atoms with E-state index >= 15 is 0 Å². The molecule has 1 atom stereocenters.